The van der Waals surface area contributed by atoms with E-state index >= 15 is 0 Å². The molecule has 7 nitrogen and oxygen atoms in total. The number of hydrazone groups is 1. The van der Waals surface area contributed by atoms with Crippen LogP contribution in [0, 0.1) is 11.7 Å². The van der Waals surface area contributed by atoms with Crippen LogP contribution in [0.2, 0.25) is 0 Å². The number of ether oxygens (including phenoxy) is 1. The standard InChI is InChI=1S/C22H21FN4O3/c1-13(24-25-21(28)15-3-4-15)19-20(14-5-11-18(30-2)12-6-14)26-27(22(19)29)17-9-7-16(23)8-10-17/h5-12,15,26H,3-4H2,1-2H3,(H,25,28)/b24-13+. The predicted molar refractivity (Wildman–Crippen MR) is 111 cm³/mol. The summed E-state index contributed by atoms with van der Waals surface area (Å²) in [5, 5.41) is 7.25. The normalized spacial score (nSPS) is 13.9. The van der Waals surface area contributed by atoms with Crippen molar-refractivity contribution in [2.24, 2.45) is 11.0 Å². The fourth-order valence-electron chi connectivity index (χ4n) is 3.14. The highest BCUT2D eigenvalue weighted by atomic mass is 19.1. The maximum atomic E-state index is 13.3. The number of methoxy groups -OCH3 is 1. The number of aromatic amines is 1. The average molecular weight is 408 g/mol. The van der Waals surface area contributed by atoms with E-state index < -0.39 is 5.82 Å². The summed E-state index contributed by atoms with van der Waals surface area (Å²) in [6.07, 6.45) is 1.72. The van der Waals surface area contributed by atoms with Crippen molar-refractivity contribution < 1.29 is 13.9 Å². The Morgan fingerprint density at radius 1 is 1.17 bits per heavy atom. The summed E-state index contributed by atoms with van der Waals surface area (Å²) >= 11 is 0. The molecule has 0 atom stereocenters. The van der Waals surface area contributed by atoms with Gasteiger partial charge in [0.2, 0.25) is 5.91 Å². The molecule has 1 amide bonds. The number of aromatic nitrogens is 2. The van der Waals surface area contributed by atoms with Gasteiger partial charge in [-0.15, -0.1) is 0 Å². The summed E-state index contributed by atoms with van der Waals surface area (Å²) in [6, 6.07) is 12.8. The van der Waals surface area contributed by atoms with Crippen molar-refractivity contribution in [2.75, 3.05) is 7.11 Å². The van der Waals surface area contributed by atoms with E-state index in [-0.39, 0.29) is 17.4 Å². The zero-order chi connectivity index (χ0) is 21.3. The Morgan fingerprint density at radius 2 is 1.83 bits per heavy atom. The molecule has 1 aliphatic carbocycles. The lowest BCUT2D eigenvalue weighted by atomic mass is 10.1. The van der Waals surface area contributed by atoms with E-state index in [2.05, 4.69) is 15.6 Å². The highest BCUT2D eigenvalue weighted by Crippen LogP contribution is 2.29. The molecule has 0 saturated heterocycles. The Bertz CT molecular complexity index is 1160. The van der Waals surface area contributed by atoms with E-state index in [1.54, 1.807) is 26.2 Å². The Hall–Kier alpha value is -3.68. The van der Waals surface area contributed by atoms with Crippen LogP contribution < -0.4 is 15.7 Å². The Balaban J connectivity index is 1.80. The summed E-state index contributed by atoms with van der Waals surface area (Å²) in [4.78, 5) is 25.2. The number of carbonyl (C=O) groups is 1. The van der Waals surface area contributed by atoms with Gasteiger partial charge in [0.25, 0.3) is 5.56 Å². The molecule has 154 valence electrons. The van der Waals surface area contributed by atoms with Crippen LogP contribution >= 0.6 is 0 Å². The number of amides is 1. The van der Waals surface area contributed by atoms with Crippen molar-refractivity contribution in [3.8, 4) is 22.7 Å². The van der Waals surface area contributed by atoms with Gasteiger partial charge in [-0.2, -0.15) is 5.10 Å². The van der Waals surface area contributed by atoms with Gasteiger partial charge in [-0.3, -0.25) is 14.7 Å². The van der Waals surface area contributed by atoms with Gasteiger partial charge in [0.05, 0.1) is 29.8 Å². The number of benzene rings is 2. The van der Waals surface area contributed by atoms with Crippen molar-refractivity contribution in [2.45, 2.75) is 19.8 Å². The van der Waals surface area contributed by atoms with Gasteiger partial charge in [0.1, 0.15) is 11.6 Å². The molecule has 0 radical (unpaired) electrons. The summed E-state index contributed by atoms with van der Waals surface area (Å²) in [6.45, 7) is 1.67. The van der Waals surface area contributed by atoms with Gasteiger partial charge < -0.3 is 4.74 Å². The second-order valence-electron chi connectivity index (χ2n) is 7.15. The highest BCUT2D eigenvalue weighted by Gasteiger charge is 2.29. The minimum atomic E-state index is -0.394. The molecule has 2 aromatic carbocycles. The van der Waals surface area contributed by atoms with Crippen LogP contribution in [0.5, 0.6) is 5.75 Å². The van der Waals surface area contributed by atoms with E-state index in [1.807, 2.05) is 12.1 Å². The van der Waals surface area contributed by atoms with E-state index in [0.717, 1.165) is 18.4 Å². The third-order valence-corrected chi connectivity index (χ3v) is 5.00. The van der Waals surface area contributed by atoms with Gasteiger partial charge in [0, 0.05) is 11.5 Å². The van der Waals surface area contributed by atoms with E-state index in [4.69, 9.17) is 4.74 Å². The van der Waals surface area contributed by atoms with Crippen LogP contribution in [0.15, 0.2) is 58.4 Å². The minimum Gasteiger partial charge on any atom is -0.497 e. The van der Waals surface area contributed by atoms with Crippen molar-refractivity contribution in [1.29, 1.82) is 0 Å². The van der Waals surface area contributed by atoms with Crippen molar-refractivity contribution in [3.05, 3.63) is 70.3 Å². The zero-order valence-corrected chi connectivity index (χ0v) is 16.6. The first-order valence-electron chi connectivity index (χ1n) is 9.58. The van der Waals surface area contributed by atoms with Gasteiger partial charge in [0.15, 0.2) is 0 Å². The number of carbonyl (C=O) groups excluding carboxylic acids is 1. The molecule has 1 aliphatic rings. The summed E-state index contributed by atoms with van der Waals surface area (Å²) in [7, 11) is 1.58. The number of rotatable bonds is 6. The molecule has 0 aliphatic heterocycles. The SMILES string of the molecule is COc1ccc(-c2[nH]n(-c3ccc(F)cc3)c(=O)c2/C(C)=N/NC(=O)C2CC2)cc1. The van der Waals surface area contributed by atoms with Gasteiger partial charge in [-0.25, -0.2) is 14.5 Å². The Labute approximate surface area is 172 Å². The summed E-state index contributed by atoms with van der Waals surface area (Å²) in [5.74, 6) is 0.150. The third kappa shape index (κ3) is 3.89. The maximum Gasteiger partial charge on any atom is 0.281 e. The molecule has 1 aromatic heterocycles. The first kappa shape index (κ1) is 19.6. The molecule has 0 spiro atoms. The molecular formula is C22H21FN4O3. The molecule has 1 fully saturated rings. The van der Waals surface area contributed by atoms with Crippen molar-refractivity contribution in [3.63, 3.8) is 0 Å². The van der Waals surface area contributed by atoms with Crippen LogP contribution in [-0.4, -0.2) is 28.5 Å². The molecule has 1 heterocycles. The number of nitrogens with one attached hydrogen (secondary N) is 2. The van der Waals surface area contributed by atoms with Crippen molar-refractivity contribution in [1.82, 2.24) is 15.2 Å². The summed E-state index contributed by atoms with van der Waals surface area (Å²) < 4.78 is 19.9. The van der Waals surface area contributed by atoms with Crippen molar-refractivity contribution >= 4 is 11.6 Å². The lowest BCUT2D eigenvalue weighted by Crippen LogP contribution is -2.24. The highest BCUT2D eigenvalue weighted by molar-refractivity contribution is 6.04. The van der Waals surface area contributed by atoms with Crippen LogP contribution in [0.4, 0.5) is 4.39 Å². The van der Waals surface area contributed by atoms with E-state index in [9.17, 15) is 14.0 Å². The van der Waals surface area contributed by atoms with Crippen LogP contribution in [0.25, 0.3) is 16.9 Å². The molecule has 4 rings (SSSR count). The van der Waals surface area contributed by atoms with Crippen LogP contribution in [0.3, 0.4) is 0 Å². The quantitative estimate of drug-likeness (QED) is 0.485. The predicted octanol–water partition coefficient (Wildman–Crippen LogP) is 3.23. The number of nitrogens with zero attached hydrogens (tertiary/aromatic N) is 2. The van der Waals surface area contributed by atoms with Gasteiger partial charge >= 0.3 is 0 Å². The number of halogens is 1. The monoisotopic (exact) mass is 408 g/mol. The minimum absolute atomic E-state index is 0.00436. The average Bonchev–Trinajstić information content (AvgIpc) is 3.56. The fourth-order valence-corrected chi connectivity index (χ4v) is 3.14. The molecule has 8 heteroatoms. The molecule has 1 saturated carbocycles. The van der Waals surface area contributed by atoms with Gasteiger partial charge in [-0.05, 0) is 68.3 Å². The molecular weight excluding hydrogens is 387 g/mol. The third-order valence-electron chi connectivity index (χ3n) is 5.00. The largest absolute Gasteiger partial charge is 0.497 e. The molecule has 2 N–H and O–H groups in total. The molecule has 30 heavy (non-hydrogen) atoms. The van der Waals surface area contributed by atoms with E-state index in [1.165, 1.54) is 28.9 Å². The smallest absolute Gasteiger partial charge is 0.281 e. The second kappa shape index (κ2) is 7.98. The van der Waals surface area contributed by atoms with E-state index in [0.29, 0.717) is 28.4 Å². The number of H-pyrrole nitrogens is 1. The molecule has 0 unspecified atom stereocenters. The first-order valence-corrected chi connectivity index (χ1v) is 9.58. The topological polar surface area (TPSA) is 88.5 Å². The lowest BCUT2D eigenvalue weighted by molar-refractivity contribution is -0.122. The summed E-state index contributed by atoms with van der Waals surface area (Å²) in [5.41, 5.74) is 4.64. The zero-order valence-electron chi connectivity index (χ0n) is 16.6. The Morgan fingerprint density at radius 3 is 2.43 bits per heavy atom. The maximum absolute atomic E-state index is 13.3. The van der Waals surface area contributed by atoms with Crippen LogP contribution in [0.1, 0.15) is 25.3 Å². The molecule has 0 bridgehead atoms. The lowest BCUT2D eigenvalue weighted by Gasteiger charge is -2.05. The van der Waals surface area contributed by atoms with Crippen LogP contribution in [-0.2, 0) is 4.79 Å². The first-order chi connectivity index (χ1) is 14.5. The number of hydrogen-bond acceptors (Lipinski definition) is 4. The second-order valence-corrected chi connectivity index (χ2v) is 7.15. The Kier molecular flexibility index (Phi) is 5.22. The fraction of sp³-hybridized carbons (Fsp3) is 0.227. The van der Waals surface area contributed by atoms with Gasteiger partial charge in [-0.1, -0.05) is 0 Å². The number of hydrogen-bond donors (Lipinski definition) is 2. The molecule has 3 aromatic rings.